The largest absolute Gasteiger partial charge is 0.497 e. The number of methoxy groups -OCH3 is 1. The van der Waals surface area contributed by atoms with Crippen LogP contribution < -0.4 is 4.74 Å². The molecule has 0 radical (unpaired) electrons. The summed E-state index contributed by atoms with van der Waals surface area (Å²) in [7, 11) is 1.42. The SMILES string of the molecule is CCCCC[SiH]1CCC(C2CCC(CCc3ccc(OC)cc3)CC2)CC1. The molecule has 0 aromatic heterocycles. The van der Waals surface area contributed by atoms with Crippen molar-refractivity contribution < 1.29 is 4.74 Å². The molecular formula is C25H42OSi. The van der Waals surface area contributed by atoms with Crippen LogP contribution in [-0.2, 0) is 6.42 Å². The number of hydrogen-bond acceptors (Lipinski definition) is 1. The van der Waals surface area contributed by atoms with Gasteiger partial charge in [-0.1, -0.05) is 82.1 Å². The number of hydrogen-bond donors (Lipinski definition) is 0. The molecule has 1 aromatic rings. The molecule has 1 saturated heterocycles. The number of benzene rings is 1. The Morgan fingerprint density at radius 1 is 0.889 bits per heavy atom. The molecular weight excluding hydrogens is 344 g/mol. The van der Waals surface area contributed by atoms with Crippen LogP contribution >= 0.6 is 0 Å². The van der Waals surface area contributed by atoms with Gasteiger partial charge in [-0.05, 0) is 61.1 Å². The summed E-state index contributed by atoms with van der Waals surface area (Å²) in [5.74, 6) is 4.13. The minimum atomic E-state index is -0.324. The highest BCUT2D eigenvalue weighted by Crippen LogP contribution is 2.42. The first-order valence-electron chi connectivity index (χ1n) is 11.9. The van der Waals surface area contributed by atoms with E-state index in [4.69, 9.17) is 4.74 Å². The average molecular weight is 387 g/mol. The van der Waals surface area contributed by atoms with E-state index in [0.29, 0.717) is 0 Å². The van der Waals surface area contributed by atoms with Gasteiger partial charge in [0.1, 0.15) is 5.75 Å². The lowest BCUT2D eigenvalue weighted by Gasteiger charge is -2.37. The second kappa shape index (κ2) is 11.3. The van der Waals surface area contributed by atoms with Crippen LogP contribution in [0.3, 0.4) is 0 Å². The molecule has 2 aliphatic rings. The second-order valence-corrected chi connectivity index (χ2v) is 12.9. The van der Waals surface area contributed by atoms with Crippen molar-refractivity contribution in [2.75, 3.05) is 7.11 Å². The molecule has 0 bridgehead atoms. The van der Waals surface area contributed by atoms with Crippen molar-refractivity contribution in [3.63, 3.8) is 0 Å². The van der Waals surface area contributed by atoms with Gasteiger partial charge in [0.2, 0.25) is 0 Å². The van der Waals surface area contributed by atoms with Gasteiger partial charge in [0, 0.05) is 8.80 Å². The van der Waals surface area contributed by atoms with Gasteiger partial charge < -0.3 is 4.74 Å². The van der Waals surface area contributed by atoms with Gasteiger partial charge in [0.25, 0.3) is 0 Å². The molecule has 1 nitrogen and oxygen atoms in total. The summed E-state index contributed by atoms with van der Waals surface area (Å²) in [5, 5.41) is 0. The van der Waals surface area contributed by atoms with Crippen molar-refractivity contribution in [3.8, 4) is 5.75 Å². The lowest BCUT2D eigenvalue weighted by molar-refractivity contribution is 0.186. The summed E-state index contributed by atoms with van der Waals surface area (Å²) in [6.45, 7) is 2.34. The van der Waals surface area contributed by atoms with Gasteiger partial charge in [0.15, 0.2) is 0 Å². The summed E-state index contributed by atoms with van der Waals surface area (Å²) in [5.41, 5.74) is 1.48. The van der Waals surface area contributed by atoms with E-state index in [0.717, 1.165) is 23.5 Å². The van der Waals surface area contributed by atoms with Crippen molar-refractivity contribution >= 4 is 8.80 Å². The third-order valence-electron chi connectivity index (χ3n) is 7.67. The summed E-state index contributed by atoms with van der Waals surface area (Å²) in [6, 6.07) is 13.7. The Morgan fingerprint density at radius 3 is 2.19 bits per heavy atom. The Kier molecular flexibility index (Phi) is 8.76. The zero-order valence-corrected chi connectivity index (χ0v) is 19.1. The van der Waals surface area contributed by atoms with Crippen molar-refractivity contribution in [2.24, 2.45) is 17.8 Å². The van der Waals surface area contributed by atoms with Gasteiger partial charge in [-0.3, -0.25) is 0 Å². The van der Waals surface area contributed by atoms with Crippen LogP contribution in [0, 0.1) is 17.8 Å². The van der Waals surface area contributed by atoms with Crippen LogP contribution in [0.15, 0.2) is 24.3 Å². The molecule has 152 valence electrons. The molecule has 0 unspecified atom stereocenters. The maximum absolute atomic E-state index is 5.27. The lowest BCUT2D eigenvalue weighted by atomic mass is 9.73. The quantitative estimate of drug-likeness (QED) is 0.320. The van der Waals surface area contributed by atoms with E-state index in [9.17, 15) is 0 Å². The molecule has 1 saturated carbocycles. The smallest absolute Gasteiger partial charge is 0.118 e. The van der Waals surface area contributed by atoms with Gasteiger partial charge in [-0.2, -0.15) is 0 Å². The van der Waals surface area contributed by atoms with E-state index in [1.54, 1.807) is 38.1 Å². The summed E-state index contributed by atoms with van der Waals surface area (Å²) in [4.78, 5) is 0. The first-order chi connectivity index (χ1) is 13.3. The van der Waals surface area contributed by atoms with Crippen LogP contribution in [0.25, 0.3) is 0 Å². The lowest BCUT2D eigenvalue weighted by Crippen LogP contribution is -2.28. The van der Waals surface area contributed by atoms with E-state index in [1.165, 1.54) is 63.4 Å². The molecule has 1 aromatic carbocycles. The first kappa shape index (κ1) is 21.0. The van der Waals surface area contributed by atoms with Crippen LogP contribution in [0.4, 0.5) is 0 Å². The third-order valence-corrected chi connectivity index (χ3v) is 11.2. The van der Waals surface area contributed by atoms with Crippen LogP contribution in [-0.4, -0.2) is 15.9 Å². The highest BCUT2D eigenvalue weighted by molar-refractivity contribution is 6.58. The van der Waals surface area contributed by atoms with Crippen molar-refractivity contribution in [2.45, 2.75) is 95.7 Å². The summed E-state index contributed by atoms with van der Waals surface area (Å²) < 4.78 is 5.27. The zero-order chi connectivity index (χ0) is 18.9. The molecule has 1 aliphatic carbocycles. The maximum atomic E-state index is 5.27. The van der Waals surface area contributed by atoms with Crippen LogP contribution in [0.5, 0.6) is 5.75 Å². The fourth-order valence-corrected chi connectivity index (χ4v) is 9.27. The molecule has 0 spiro atoms. The summed E-state index contributed by atoms with van der Waals surface area (Å²) in [6.07, 6.45) is 16.3. The number of unbranched alkanes of at least 4 members (excludes halogenated alkanes) is 2. The van der Waals surface area contributed by atoms with Gasteiger partial charge in [0.05, 0.1) is 7.11 Å². The van der Waals surface area contributed by atoms with Crippen molar-refractivity contribution in [1.29, 1.82) is 0 Å². The predicted octanol–water partition coefficient (Wildman–Crippen LogP) is 7.26. The monoisotopic (exact) mass is 386 g/mol. The summed E-state index contributed by atoms with van der Waals surface area (Å²) >= 11 is 0. The molecule has 2 fully saturated rings. The van der Waals surface area contributed by atoms with E-state index < -0.39 is 0 Å². The van der Waals surface area contributed by atoms with Gasteiger partial charge in [-0.25, -0.2) is 0 Å². The normalized spacial score (nSPS) is 28.8. The third kappa shape index (κ3) is 6.66. The number of aryl methyl sites for hydroxylation is 1. The first-order valence-corrected chi connectivity index (χ1v) is 14.4. The molecule has 2 heteroatoms. The maximum Gasteiger partial charge on any atom is 0.118 e. The topological polar surface area (TPSA) is 9.23 Å². The van der Waals surface area contributed by atoms with E-state index in [-0.39, 0.29) is 8.80 Å². The molecule has 0 atom stereocenters. The molecule has 1 heterocycles. The van der Waals surface area contributed by atoms with Crippen LogP contribution in [0.1, 0.15) is 76.7 Å². The number of rotatable bonds is 9. The Labute approximate surface area is 169 Å². The Hall–Kier alpha value is -0.763. The van der Waals surface area contributed by atoms with E-state index in [1.807, 2.05) is 0 Å². The Bertz CT molecular complexity index is 510. The fraction of sp³-hybridized carbons (Fsp3) is 0.760. The average Bonchev–Trinajstić information content (AvgIpc) is 2.74. The predicted molar refractivity (Wildman–Crippen MR) is 121 cm³/mol. The molecule has 0 amide bonds. The van der Waals surface area contributed by atoms with Crippen molar-refractivity contribution in [3.05, 3.63) is 29.8 Å². The molecule has 27 heavy (non-hydrogen) atoms. The minimum Gasteiger partial charge on any atom is -0.497 e. The molecule has 1 aliphatic heterocycles. The van der Waals surface area contributed by atoms with Gasteiger partial charge >= 0.3 is 0 Å². The Morgan fingerprint density at radius 2 is 1.56 bits per heavy atom. The minimum absolute atomic E-state index is 0.324. The molecule has 3 rings (SSSR count). The number of ether oxygens (including phenoxy) is 1. The van der Waals surface area contributed by atoms with E-state index >= 15 is 0 Å². The van der Waals surface area contributed by atoms with Crippen molar-refractivity contribution in [1.82, 2.24) is 0 Å². The highest BCUT2D eigenvalue weighted by atomic mass is 28.3. The second-order valence-electron chi connectivity index (χ2n) is 9.44. The molecule has 0 N–H and O–H groups in total. The fourth-order valence-electron chi connectivity index (χ4n) is 5.74. The van der Waals surface area contributed by atoms with Crippen LogP contribution in [0.2, 0.25) is 18.1 Å². The highest BCUT2D eigenvalue weighted by Gasteiger charge is 2.30. The zero-order valence-electron chi connectivity index (χ0n) is 17.9. The Balaban J connectivity index is 1.32. The van der Waals surface area contributed by atoms with E-state index in [2.05, 4.69) is 31.2 Å². The standard InChI is InChI=1S/C25H42OSi/c1-3-4-5-18-27-19-16-24(17-20-27)23-12-8-21(9-13-23)6-7-22-10-14-25(26-2)15-11-22/h10-11,14-15,21,23-24,27H,3-9,12-13,16-20H2,1-2H3. The van der Waals surface area contributed by atoms with Gasteiger partial charge in [-0.15, -0.1) is 0 Å².